The van der Waals surface area contributed by atoms with E-state index < -0.39 is 11.7 Å². The minimum atomic E-state index is -4.39. The summed E-state index contributed by atoms with van der Waals surface area (Å²) in [6, 6.07) is 20.7. The number of aromatic nitrogens is 6. The lowest BCUT2D eigenvalue weighted by molar-refractivity contribution is -0.137. The average molecular weight is 573 g/mol. The number of hydrogen-bond donors (Lipinski definition) is 2. The summed E-state index contributed by atoms with van der Waals surface area (Å²) in [5, 5.41) is 6.61. The predicted octanol–water partition coefficient (Wildman–Crippen LogP) is 6.19. The second kappa shape index (κ2) is 11.0. The lowest BCUT2D eigenvalue weighted by atomic mass is 10.1. The molecule has 2 N–H and O–H groups in total. The number of ether oxygens (including phenoxy) is 1. The maximum Gasteiger partial charge on any atom is 0.416 e. The van der Waals surface area contributed by atoms with E-state index in [0.29, 0.717) is 41.0 Å². The van der Waals surface area contributed by atoms with Gasteiger partial charge in [-0.3, -0.25) is 5.32 Å². The van der Waals surface area contributed by atoms with Crippen molar-refractivity contribution in [3.63, 3.8) is 0 Å². The van der Waals surface area contributed by atoms with Crippen LogP contribution in [0.5, 0.6) is 5.75 Å². The third-order valence-corrected chi connectivity index (χ3v) is 6.97. The highest BCUT2D eigenvalue weighted by molar-refractivity contribution is 5.85. The van der Waals surface area contributed by atoms with E-state index in [1.165, 1.54) is 12.1 Å². The van der Waals surface area contributed by atoms with Crippen LogP contribution in [0.25, 0.3) is 22.2 Å². The summed E-state index contributed by atoms with van der Waals surface area (Å²) in [7, 11) is 3.53. The Hall–Kier alpha value is -5.13. The first-order chi connectivity index (χ1) is 20.3. The summed E-state index contributed by atoms with van der Waals surface area (Å²) < 4.78 is 48.1. The number of imidazole rings is 2. The number of aryl methyl sites for hydroxylation is 1. The Labute approximate surface area is 239 Å². The first-order valence-corrected chi connectivity index (χ1v) is 13.2. The number of anilines is 3. The van der Waals surface area contributed by atoms with Crippen LogP contribution < -0.4 is 15.4 Å². The fourth-order valence-corrected chi connectivity index (χ4v) is 4.71. The van der Waals surface area contributed by atoms with Crippen molar-refractivity contribution in [2.45, 2.75) is 19.1 Å². The summed E-state index contributed by atoms with van der Waals surface area (Å²) in [5.74, 6) is 2.19. The molecular weight excluding hydrogens is 545 g/mol. The zero-order valence-electron chi connectivity index (χ0n) is 22.9. The van der Waals surface area contributed by atoms with E-state index in [1.54, 1.807) is 18.0 Å². The Morgan fingerprint density at radius 2 is 1.62 bits per heavy atom. The SMILES string of the molecule is COc1ccc(CCNc2nc(Nc3nc4ccccc4n3C)nc3c2ncn3Cc2ccc(C(F)(F)F)cc2)cc1. The Morgan fingerprint density at radius 3 is 2.33 bits per heavy atom. The highest BCUT2D eigenvalue weighted by Gasteiger charge is 2.30. The molecule has 0 fully saturated rings. The van der Waals surface area contributed by atoms with Crippen LogP contribution in [0, 0.1) is 0 Å². The summed E-state index contributed by atoms with van der Waals surface area (Å²) in [6.07, 6.45) is -2.05. The van der Waals surface area contributed by atoms with Gasteiger partial charge in [0.1, 0.15) is 5.75 Å². The molecular formula is C30H27F3N8O. The van der Waals surface area contributed by atoms with Crippen molar-refractivity contribution in [2.24, 2.45) is 7.05 Å². The summed E-state index contributed by atoms with van der Waals surface area (Å²) in [4.78, 5) is 18.7. The van der Waals surface area contributed by atoms with Crippen LogP contribution in [-0.4, -0.2) is 42.7 Å². The third kappa shape index (κ3) is 5.55. The molecule has 3 heterocycles. The summed E-state index contributed by atoms with van der Waals surface area (Å²) in [5.41, 5.74) is 3.96. The number of fused-ring (bicyclic) bond motifs is 2. The number of nitrogens with zero attached hydrogens (tertiary/aromatic N) is 6. The highest BCUT2D eigenvalue weighted by atomic mass is 19.4. The molecule has 0 radical (unpaired) electrons. The number of nitrogens with one attached hydrogen (secondary N) is 2. The van der Waals surface area contributed by atoms with Gasteiger partial charge in [-0.15, -0.1) is 0 Å². The summed E-state index contributed by atoms with van der Waals surface area (Å²) in [6.45, 7) is 0.860. The third-order valence-electron chi connectivity index (χ3n) is 6.97. The van der Waals surface area contributed by atoms with Crippen LogP contribution >= 0.6 is 0 Å². The van der Waals surface area contributed by atoms with Crippen molar-refractivity contribution in [3.8, 4) is 5.75 Å². The zero-order chi connectivity index (χ0) is 29.3. The van der Waals surface area contributed by atoms with Gasteiger partial charge in [-0.05, 0) is 53.9 Å². The van der Waals surface area contributed by atoms with Crippen molar-refractivity contribution >= 4 is 39.9 Å². The van der Waals surface area contributed by atoms with Crippen LogP contribution in [0.15, 0.2) is 79.1 Å². The van der Waals surface area contributed by atoms with Crippen LogP contribution in [0.4, 0.5) is 30.9 Å². The number of para-hydroxylation sites is 2. The van der Waals surface area contributed by atoms with Gasteiger partial charge in [-0.1, -0.05) is 36.4 Å². The standard InChI is InChI=1S/C30H27F3N8O/c1-40-24-6-4-3-5-23(24)36-29(40)39-28-37-26(34-16-15-19-9-13-22(42-2)14-10-19)25-27(38-28)41(18-35-25)17-20-7-11-21(12-8-20)30(31,32)33/h3-14,18H,15-17H2,1-2H3,(H2,34,36,37,38,39). The minimum Gasteiger partial charge on any atom is -0.497 e. The maximum atomic E-state index is 13.1. The molecule has 12 heteroatoms. The van der Waals surface area contributed by atoms with Crippen LogP contribution in [0.3, 0.4) is 0 Å². The minimum absolute atomic E-state index is 0.280. The van der Waals surface area contributed by atoms with Gasteiger partial charge in [-0.2, -0.15) is 23.1 Å². The van der Waals surface area contributed by atoms with E-state index >= 15 is 0 Å². The van der Waals surface area contributed by atoms with E-state index in [9.17, 15) is 13.2 Å². The van der Waals surface area contributed by atoms with Crippen molar-refractivity contribution in [1.82, 2.24) is 29.1 Å². The first-order valence-electron chi connectivity index (χ1n) is 13.2. The number of halogens is 3. The largest absolute Gasteiger partial charge is 0.497 e. The van der Waals surface area contributed by atoms with E-state index in [-0.39, 0.29) is 6.54 Å². The van der Waals surface area contributed by atoms with Crippen LogP contribution in [-0.2, 0) is 26.2 Å². The second-order valence-corrected chi connectivity index (χ2v) is 9.77. The number of benzene rings is 3. The Morgan fingerprint density at radius 1 is 0.881 bits per heavy atom. The second-order valence-electron chi connectivity index (χ2n) is 9.77. The summed E-state index contributed by atoms with van der Waals surface area (Å²) >= 11 is 0. The number of alkyl halides is 3. The van der Waals surface area contributed by atoms with Crippen molar-refractivity contribution < 1.29 is 17.9 Å². The molecule has 0 spiro atoms. The van der Waals surface area contributed by atoms with Gasteiger partial charge in [0.05, 0.1) is 36.6 Å². The molecule has 0 aliphatic heterocycles. The van der Waals surface area contributed by atoms with E-state index in [4.69, 9.17) is 14.7 Å². The normalized spacial score (nSPS) is 11.7. The molecule has 0 aliphatic carbocycles. The van der Waals surface area contributed by atoms with Gasteiger partial charge in [0.15, 0.2) is 17.0 Å². The monoisotopic (exact) mass is 572 g/mol. The van der Waals surface area contributed by atoms with Gasteiger partial charge >= 0.3 is 6.18 Å². The molecule has 6 rings (SSSR count). The lowest BCUT2D eigenvalue weighted by Crippen LogP contribution is -2.11. The molecule has 0 saturated carbocycles. The predicted molar refractivity (Wildman–Crippen MR) is 155 cm³/mol. The number of hydrogen-bond acceptors (Lipinski definition) is 7. The molecule has 0 atom stereocenters. The lowest BCUT2D eigenvalue weighted by Gasteiger charge is -2.12. The smallest absolute Gasteiger partial charge is 0.416 e. The van der Waals surface area contributed by atoms with E-state index in [1.807, 2.05) is 60.1 Å². The Bertz CT molecular complexity index is 1840. The van der Waals surface area contributed by atoms with Gasteiger partial charge in [0.25, 0.3) is 0 Å². The van der Waals surface area contributed by atoms with Gasteiger partial charge < -0.3 is 19.2 Å². The van der Waals surface area contributed by atoms with Crippen LogP contribution in [0.1, 0.15) is 16.7 Å². The average Bonchev–Trinajstić information content (AvgIpc) is 3.53. The van der Waals surface area contributed by atoms with E-state index in [0.717, 1.165) is 40.9 Å². The van der Waals surface area contributed by atoms with Gasteiger partial charge in [0, 0.05) is 13.6 Å². The fourth-order valence-electron chi connectivity index (χ4n) is 4.71. The molecule has 0 unspecified atom stereocenters. The van der Waals surface area contributed by atoms with Crippen molar-refractivity contribution in [1.29, 1.82) is 0 Å². The van der Waals surface area contributed by atoms with E-state index in [2.05, 4.69) is 20.6 Å². The number of rotatable bonds is 9. The fraction of sp³-hybridized carbons (Fsp3) is 0.200. The molecule has 6 aromatic rings. The molecule has 3 aromatic carbocycles. The van der Waals surface area contributed by atoms with Gasteiger partial charge in [0.2, 0.25) is 11.9 Å². The van der Waals surface area contributed by atoms with Crippen molar-refractivity contribution in [2.75, 3.05) is 24.3 Å². The Kier molecular flexibility index (Phi) is 7.11. The van der Waals surface area contributed by atoms with Gasteiger partial charge in [-0.25, -0.2) is 9.97 Å². The molecule has 3 aromatic heterocycles. The maximum absolute atomic E-state index is 13.1. The highest BCUT2D eigenvalue weighted by Crippen LogP contribution is 2.30. The zero-order valence-corrected chi connectivity index (χ0v) is 22.9. The Balaban J connectivity index is 1.31. The van der Waals surface area contributed by atoms with Crippen molar-refractivity contribution in [3.05, 3.63) is 95.8 Å². The molecule has 214 valence electrons. The molecule has 42 heavy (non-hydrogen) atoms. The molecule has 0 bridgehead atoms. The number of methoxy groups -OCH3 is 1. The molecule has 0 saturated heterocycles. The molecule has 9 nitrogen and oxygen atoms in total. The molecule has 0 aliphatic rings. The first kappa shape index (κ1) is 27.1. The topological polar surface area (TPSA) is 94.7 Å². The molecule has 0 amide bonds. The quantitative estimate of drug-likeness (QED) is 0.213. The van der Waals surface area contributed by atoms with Crippen LogP contribution in [0.2, 0.25) is 0 Å².